The summed E-state index contributed by atoms with van der Waals surface area (Å²) >= 11 is 0. The minimum atomic E-state index is -1.28. The summed E-state index contributed by atoms with van der Waals surface area (Å²) in [6.45, 7) is 21.5. The van der Waals surface area contributed by atoms with Crippen LogP contribution in [0.25, 0.3) is 0 Å². The summed E-state index contributed by atoms with van der Waals surface area (Å²) in [5.74, 6) is -7.71. The van der Waals surface area contributed by atoms with Gasteiger partial charge in [-0.2, -0.15) is 0 Å². The van der Waals surface area contributed by atoms with Gasteiger partial charge in [0.15, 0.2) is 0 Å². The van der Waals surface area contributed by atoms with Crippen LogP contribution >= 0.6 is 0 Å². The number of carboxylic acids is 3. The Hall–Kier alpha value is -7.79. The molecule has 106 heavy (non-hydrogen) atoms. The van der Waals surface area contributed by atoms with E-state index in [-0.39, 0.29) is 140 Å². The molecule has 0 amide bonds. The molecule has 6 N–H and O–H groups in total. The van der Waals surface area contributed by atoms with Crippen LogP contribution in [-0.2, 0) is 100 Å². The highest BCUT2D eigenvalue weighted by atomic mass is 16.6. The molecule has 4 atom stereocenters. The van der Waals surface area contributed by atoms with Gasteiger partial charge in [0.2, 0.25) is 0 Å². The molecule has 0 aliphatic carbocycles. The van der Waals surface area contributed by atoms with E-state index >= 15 is 0 Å². The first-order chi connectivity index (χ1) is 49.7. The van der Waals surface area contributed by atoms with E-state index in [1.807, 2.05) is 0 Å². The van der Waals surface area contributed by atoms with Crippen LogP contribution in [0.1, 0.15) is 278 Å². The highest BCUT2D eigenvalue weighted by Gasteiger charge is 2.45. The lowest BCUT2D eigenvalue weighted by Gasteiger charge is -2.33. The molecule has 0 aromatic heterocycles. The second-order valence-electron chi connectivity index (χ2n) is 28.9. The van der Waals surface area contributed by atoms with Crippen LogP contribution in [-0.4, -0.2) is 194 Å². The van der Waals surface area contributed by atoms with Crippen LogP contribution in [0, 0.1) is 32.5 Å². The van der Waals surface area contributed by atoms with Crippen LogP contribution in [0.4, 0.5) is 0 Å². The van der Waals surface area contributed by atoms with Crippen LogP contribution in [0.15, 0.2) is 24.3 Å². The second kappa shape index (κ2) is 54.7. The van der Waals surface area contributed by atoms with Gasteiger partial charge in [0.25, 0.3) is 0 Å². The third-order valence-electron chi connectivity index (χ3n) is 17.6. The van der Waals surface area contributed by atoms with Gasteiger partial charge in [0, 0.05) is 38.7 Å². The number of hydrogen-bond donors (Lipinski definition) is 6. The second-order valence-corrected chi connectivity index (χ2v) is 28.9. The molecule has 29 heteroatoms. The zero-order valence-electron chi connectivity index (χ0n) is 65.3. The Bertz CT molecular complexity index is 2830. The van der Waals surface area contributed by atoms with Gasteiger partial charge in [-0.15, -0.1) is 0 Å². The number of carboxylic acid groups (broad SMARTS) is 3. The quantitative estimate of drug-likeness (QED) is 0.0200. The van der Waals surface area contributed by atoms with E-state index in [9.17, 15) is 72.5 Å². The van der Waals surface area contributed by atoms with Gasteiger partial charge >= 0.3 is 77.6 Å². The van der Waals surface area contributed by atoms with Crippen LogP contribution < -0.4 is 0 Å². The van der Waals surface area contributed by atoms with E-state index in [1.54, 1.807) is 90.0 Å². The molecule has 4 unspecified atom stereocenters. The van der Waals surface area contributed by atoms with Gasteiger partial charge in [0.05, 0.1) is 83.3 Å². The summed E-state index contributed by atoms with van der Waals surface area (Å²) < 4.78 is 51.8. The number of aliphatic carboxylic acids is 2. The minimum absolute atomic E-state index is 0.0574. The molecule has 0 aliphatic rings. The van der Waals surface area contributed by atoms with Crippen LogP contribution in [0.2, 0.25) is 0 Å². The molecule has 0 fully saturated rings. The third kappa shape index (κ3) is 44.4. The maximum atomic E-state index is 13.0. The van der Waals surface area contributed by atoms with Gasteiger partial charge in [0.1, 0.15) is 39.1 Å². The molecule has 1 aromatic carbocycles. The first-order valence-corrected chi connectivity index (χ1v) is 37.0. The fraction of sp³-hybridized carbons (Fsp3) is 0.753. The number of ether oxygens (including phenoxy) is 10. The maximum absolute atomic E-state index is 13.0. The Kier molecular flexibility index (Phi) is 51.8. The number of carbonyl (C=O) groups excluding carboxylic acids is 10. The van der Waals surface area contributed by atoms with E-state index in [0.29, 0.717) is 122 Å². The molecule has 0 heterocycles. The number of aliphatic hydroxyl groups excluding tert-OH is 3. The molecule has 0 saturated carbocycles. The van der Waals surface area contributed by atoms with Crippen LogP contribution in [0.5, 0.6) is 0 Å². The first-order valence-electron chi connectivity index (χ1n) is 37.0. The SMILES string of the molecule is CCC(C)(CC(C)(C)C(=O)OC(C)CO)C(=O)O.CCC(C)(CC(C)(C)C(=O)OCCO)C(=O)O.CCC(C)(CC(C)(C)C(=O)OCCOC(=O)CCCCCOC(=O)CCCCCOC(=O)CCCCCOC(=O)CCCCCOC(=O)CCCCCO)C(=O)OCCOC(=O)c1ccccc1C(=O)O. The summed E-state index contributed by atoms with van der Waals surface area (Å²) in [6, 6.07) is 5.58. The Morgan fingerprint density at radius 1 is 0.340 bits per heavy atom. The number of esters is 10. The molecule has 608 valence electrons. The number of unbranched alkanes of at least 4 members (excludes halogenated alkanes) is 10. The molecule has 0 spiro atoms. The minimum Gasteiger partial charge on any atom is -0.481 e. The fourth-order valence-electron chi connectivity index (χ4n) is 10.6. The Morgan fingerprint density at radius 3 is 0.972 bits per heavy atom. The smallest absolute Gasteiger partial charge is 0.339 e. The van der Waals surface area contributed by atoms with E-state index < -0.39 is 92.3 Å². The van der Waals surface area contributed by atoms with Gasteiger partial charge in [-0.3, -0.25) is 52.7 Å². The average molecular weight is 1520 g/mol. The molecule has 0 bridgehead atoms. The summed E-state index contributed by atoms with van der Waals surface area (Å²) in [7, 11) is 0. The van der Waals surface area contributed by atoms with Gasteiger partial charge in [-0.05, 0) is 210 Å². The molecule has 1 aromatic rings. The average Bonchev–Trinajstić information content (AvgIpc) is 0.839. The standard InChI is InChI=1S/C52H80O19.C13H24O5.C12H22O5/c1-5-52(4,50(63)71-38-36-69-48(61)41-24-17-16-23-40(41)47(59)60)39-51(2,3)49(62)70-37-35-68-46(58)29-15-10-22-34-67-45(57)28-14-9-21-33-66-44(56)27-13-8-20-32-65-43(55)26-12-7-19-31-64-42(54)25-11-6-18-30-53;1-6-13(5,10(15)16)8-12(3,4)11(17)18-9(2)7-14;1-5-12(4,9(14)15)8-11(2,3)10(16)17-7-6-13/h16-17,23-24,53H,5-15,18-22,25-39H2,1-4H3,(H,59,60);9,14H,6-8H2,1-5H3,(H,15,16);13H,5-8H2,1-4H3,(H,14,15). The van der Waals surface area contributed by atoms with Crippen molar-refractivity contribution in [1.29, 1.82) is 0 Å². The molecule has 0 aliphatic heterocycles. The fourth-order valence-corrected chi connectivity index (χ4v) is 10.6. The Balaban J connectivity index is 0. The van der Waals surface area contributed by atoms with E-state index in [1.165, 1.54) is 24.3 Å². The number of aliphatic hydroxyl groups is 3. The highest BCUT2D eigenvalue weighted by Crippen LogP contribution is 2.40. The molecule has 0 radical (unpaired) electrons. The predicted molar refractivity (Wildman–Crippen MR) is 386 cm³/mol. The lowest BCUT2D eigenvalue weighted by Crippen LogP contribution is -2.39. The van der Waals surface area contributed by atoms with Crippen molar-refractivity contribution in [2.75, 3.05) is 79.3 Å². The number of benzene rings is 1. The van der Waals surface area contributed by atoms with Gasteiger partial charge in [-0.1, -0.05) is 39.3 Å². The van der Waals surface area contributed by atoms with Crippen molar-refractivity contribution in [3.63, 3.8) is 0 Å². The zero-order chi connectivity index (χ0) is 81.0. The zero-order valence-corrected chi connectivity index (χ0v) is 65.3. The number of aromatic carboxylic acids is 1. The number of hydrogen-bond acceptors (Lipinski definition) is 26. The van der Waals surface area contributed by atoms with Gasteiger partial charge in [-0.25, -0.2) is 9.59 Å². The molecule has 1 rings (SSSR count). The number of carbonyl (C=O) groups is 13. The summed E-state index contributed by atoms with van der Waals surface area (Å²) in [6.07, 6.45) is 12.4. The lowest BCUT2D eigenvalue weighted by molar-refractivity contribution is -0.166. The number of rotatable bonds is 56. The van der Waals surface area contributed by atoms with Crippen LogP contribution in [0.3, 0.4) is 0 Å². The lowest BCUT2D eigenvalue weighted by atomic mass is 9.72. The monoisotopic (exact) mass is 1510 g/mol. The topological polar surface area (TPSA) is 436 Å². The first kappa shape index (κ1) is 100. The summed E-state index contributed by atoms with van der Waals surface area (Å²) in [5.41, 5.74) is -6.21. The van der Waals surface area contributed by atoms with E-state index in [0.717, 1.165) is 19.3 Å². The molecule has 29 nitrogen and oxygen atoms in total. The van der Waals surface area contributed by atoms with Crippen molar-refractivity contribution in [2.24, 2.45) is 32.5 Å². The maximum Gasteiger partial charge on any atom is 0.339 e. The predicted octanol–water partition coefficient (Wildman–Crippen LogP) is 11.2. The van der Waals surface area contributed by atoms with Crippen molar-refractivity contribution < 1.29 is 140 Å². The van der Waals surface area contributed by atoms with Crippen molar-refractivity contribution >= 4 is 77.6 Å². The van der Waals surface area contributed by atoms with E-state index in [4.69, 9.17) is 67.8 Å². The Labute approximate surface area is 625 Å². The van der Waals surface area contributed by atoms with Gasteiger partial charge < -0.3 is 78.0 Å². The Morgan fingerprint density at radius 2 is 0.642 bits per heavy atom. The van der Waals surface area contributed by atoms with Crippen molar-refractivity contribution in [2.45, 2.75) is 263 Å². The normalized spacial score (nSPS) is 13.2. The van der Waals surface area contributed by atoms with Crippen molar-refractivity contribution in [3.05, 3.63) is 35.4 Å². The van der Waals surface area contributed by atoms with E-state index in [2.05, 4.69) is 0 Å². The third-order valence-corrected chi connectivity index (χ3v) is 17.6. The highest BCUT2D eigenvalue weighted by molar-refractivity contribution is 6.02. The molecule has 0 saturated heterocycles. The van der Waals surface area contributed by atoms with Crippen molar-refractivity contribution in [3.8, 4) is 0 Å². The summed E-state index contributed by atoms with van der Waals surface area (Å²) in [5, 5.41) is 53.8. The molecular formula is C77H126O29. The molecular weight excluding hydrogens is 1390 g/mol. The largest absolute Gasteiger partial charge is 0.481 e. The summed E-state index contributed by atoms with van der Waals surface area (Å²) in [4.78, 5) is 156. The van der Waals surface area contributed by atoms with Crippen molar-refractivity contribution in [1.82, 2.24) is 0 Å².